The number of fused-ring (bicyclic) bond motifs is 2. The maximum absolute atomic E-state index is 13.1. The monoisotopic (exact) mass is 340 g/mol. The summed E-state index contributed by atoms with van der Waals surface area (Å²) in [5.41, 5.74) is -0.798. The molecule has 4 rings (SSSR count). The number of ether oxygens (including phenoxy) is 1. The Balaban J connectivity index is 1.61. The van der Waals surface area contributed by atoms with E-state index in [4.69, 9.17) is 4.74 Å². The minimum atomic E-state index is -4.58. The molecule has 1 aliphatic heterocycles. The highest BCUT2D eigenvalue weighted by molar-refractivity contribution is 5.93. The van der Waals surface area contributed by atoms with Crippen molar-refractivity contribution in [3.8, 4) is 0 Å². The molecule has 128 valence electrons. The van der Waals surface area contributed by atoms with Gasteiger partial charge in [0.05, 0.1) is 6.10 Å². The van der Waals surface area contributed by atoms with Crippen LogP contribution in [0.2, 0.25) is 0 Å². The van der Waals surface area contributed by atoms with E-state index in [1.54, 1.807) is 0 Å². The van der Waals surface area contributed by atoms with E-state index in [0.717, 1.165) is 18.9 Å². The summed E-state index contributed by atoms with van der Waals surface area (Å²) in [6.07, 6.45) is -2.76. The van der Waals surface area contributed by atoms with Crippen LogP contribution in [0.3, 0.4) is 0 Å². The van der Waals surface area contributed by atoms with Crippen molar-refractivity contribution in [3.05, 3.63) is 29.2 Å². The van der Waals surface area contributed by atoms with Crippen LogP contribution in [-0.2, 0) is 10.9 Å². The molecule has 2 aliphatic rings. The molecule has 1 N–H and O–H groups in total. The van der Waals surface area contributed by atoms with Crippen molar-refractivity contribution in [2.24, 2.45) is 5.92 Å². The molecule has 24 heavy (non-hydrogen) atoms. The Morgan fingerprint density at radius 1 is 1.42 bits per heavy atom. The largest absolute Gasteiger partial charge is 0.433 e. The number of hydrogen-bond donors (Lipinski definition) is 1. The Labute approximate surface area is 135 Å². The Hall–Kier alpha value is -2.16. The van der Waals surface area contributed by atoms with Gasteiger partial charge in [0.1, 0.15) is 5.69 Å². The molecular weight excluding hydrogens is 325 g/mol. The second kappa shape index (κ2) is 5.17. The molecule has 0 spiro atoms. The van der Waals surface area contributed by atoms with Gasteiger partial charge in [-0.1, -0.05) is 0 Å². The van der Waals surface area contributed by atoms with Crippen LogP contribution >= 0.6 is 0 Å². The molecule has 1 aliphatic carbocycles. The number of hydrogen-bond acceptors (Lipinski definition) is 4. The van der Waals surface area contributed by atoms with Crippen LogP contribution in [0.15, 0.2) is 12.1 Å². The van der Waals surface area contributed by atoms with Gasteiger partial charge < -0.3 is 10.1 Å². The molecule has 3 heterocycles. The highest BCUT2D eigenvalue weighted by atomic mass is 19.4. The van der Waals surface area contributed by atoms with Crippen LogP contribution in [0.1, 0.15) is 34.7 Å². The fraction of sp³-hybridized carbons (Fsp3) is 0.533. The fourth-order valence-electron chi connectivity index (χ4n) is 3.42. The molecule has 2 fully saturated rings. The average molecular weight is 340 g/mol. The molecule has 0 aromatic carbocycles. The molecule has 0 radical (unpaired) electrons. The SMILES string of the molecule is Cc1cc(C(F)(F)F)n2nc(C(=O)N[C@@H]3C[C@@H]4OCC[C@@H]43)cc2n1. The number of nitrogens with one attached hydrogen (secondary N) is 1. The molecular formula is C15H15F3N4O2. The van der Waals surface area contributed by atoms with Crippen LogP contribution in [0.25, 0.3) is 5.65 Å². The van der Waals surface area contributed by atoms with E-state index in [2.05, 4.69) is 15.4 Å². The van der Waals surface area contributed by atoms with E-state index in [1.165, 1.54) is 13.0 Å². The minimum absolute atomic E-state index is 0.00293. The Morgan fingerprint density at radius 2 is 2.21 bits per heavy atom. The molecule has 0 unspecified atom stereocenters. The van der Waals surface area contributed by atoms with E-state index in [-0.39, 0.29) is 35.1 Å². The van der Waals surface area contributed by atoms with Crippen molar-refractivity contribution in [1.29, 1.82) is 0 Å². The maximum atomic E-state index is 13.1. The summed E-state index contributed by atoms with van der Waals surface area (Å²) in [6.45, 7) is 2.16. The number of carbonyl (C=O) groups is 1. The molecule has 1 amide bonds. The van der Waals surface area contributed by atoms with Gasteiger partial charge in [-0.2, -0.15) is 18.3 Å². The molecule has 6 nitrogen and oxygen atoms in total. The second-order valence-electron chi connectivity index (χ2n) is 6.26. The Bertz CT molecular complexity index is 817. The zero-order valence-corrected chi connectivity index (χ0v) is 12.8. The summed E-state index contributed by atoms with van der Waals surface area (Å²) >= 11 is 0. The third-order valence-electron chi connectivity index (χ3n) is 4.66. The van der Waals surface area contributed by atoms with Crippen LogP contribution in [-0.4, -0.2) is 39.3 Å². The van der Waals surface area contributed by atoms with Crippen molar-refractivity contribution in [2.45, 2.75) is 38.1 Å². The van der Waals surface area contributed by atoms with Crippen molar-refractivity contribution < 1.29 is 22.7 Å². The first-order valence-corrected chi connectivity index (χ1v) is 7.70. The maximum Gasteiger partial charge on any atom is 0.433 e. The molecule has 3 atom stereocenters. The standard InChI is InChI=1S/C15H15F3N4O2/c1-7-4-12(15(16,17)18)22-13(19-7)6-10(21-22)14(23)20-9-5-11-8(9)2-3-24-11/h4,6,8-9,11H,2-3,5H2,1H3,(H,20,23)/t8-,9-,11+/m1/s1. The topological polar surface area (TPSA) is 68.5 Å². The van der Waals surface area contributed by atoms with E-state index in [9.17, 15) is 18.0 Å². The molecule has 0 bridgehead atoms. The van der Waals surface area contributed by atoms with Gasteiger partial charge in [0, 0.05) is 30.3 Å². The summed E-state index contributed by atoms with van der Waals surface area (Å²) in [7, 11) is 0. The van der Waals surface area contributed by atoms with E-state index in [0.29, 0.717) is 11.1 Å². The summed E-state index contributed by atoms with van der Waals surface area (Å²) in [5.74, 6) is -0.196. The third-order valence-corrected chi connectivity index (χ3v) is 4.66. The number of rotatable bonds is 2. The molecule has 2 aromatic rings. The predicted octanol–water partition coefficient (Wildman–Crippen LogP) is 1.96. The van der Waals surface area contributed by atoms with Gasteiger partial charge in [-0.25, -0.2) is 9.50 Å². The quantitative estimate of drug-likeness (QED) is 0.907. The van der Waals surface area contributed by atoms with Gasteiger partial charge in [-0.15, -0.1) is 0 Å². The lowest BCUT2D eigenvalue weighted by Gasteiger charge is -2.39. The summed E-state index contributed by atoms with van der Waals surface area (Å²) in [6, 6.07) is 2.18. The molecule has 1 saturated carbocycles. The first kappa shape index (κ1) is 15.4. The van der Waals surface area contributed by atoms with Gasteiger partial charge in [0.2, 0.25) is 0 Å². The number of aryl methyl sites for hydroxylation is 1. The van der Waals surface area contributed by atoms with Crippen LogP contribution in [0.4, 0.5) is 13.2 Å². The highest BCUT2D eigenvalue weighted by Gasteiger charge is 2.46. The highest BCUT2D eigenvalue weighted by Crippen LogP contribution is 2.38. The lowest BCUT2D eigenvalue weighted by Crippen LogP contribution is -2.53. The number of alkyl halides is 3. The lowest BCUT2D eigenvalue weighted by atomic mass is 9.76. The molecule has 1 saturated heterocycles. The number of nitrogens with zero attached hydrogens (tertiary/aromatic N) is 3. The smallest absolute Gasteiger partial charge is 0.378 e. The van der Waals surface area contributed by atoms with Crippen LogP contribution in [0, 0.1) is 12.8 Å². The van der Waals surface area contributed by atoms with Crippen molar-refractivity contribution in [2.75, 3.05) is 6.61 Å². The normalized spacial score (nSPS) is 26.2. The second-order valence-corrected chi connectivity index (χ2v) is 6.26. The average Bonchev–Trinajstić information content (AvgIpc) is 3.06. The van der Waals surface area contributed by atoms with Crippen molar-refractivity contribution in [3.63, 3.8) is 0 Å². The first-order valence-electron chi connectivity index (χ1n) is 7.70. The lowest BCUT2D eigenvalue weighted by molar-refractivity contribution is -0.142. The zero-order valence-electron chi connectivity index (χ0n) is 12.8. The van der Waals surface area contributed by atoms with Gasteiger partial charge in [-0.05, 0) is 25.8 Å². The third kappa shape index (κ3) is 2.43. The number of aromatic nitrogens is 3. The summed E-state index contributed by atoms with van der Waals surface area (Å²) in [4.78, 5) is 16.3. The number of halogens is 3. The van der Waals surface area contributed by atoms with Gasteiger partial charge in [-0.3, -0.25) is 4.79 Å². The Morgan fingerprint density at radius 3 is 2.92 bits per heavy atom. The number of amides is 1. The molecule has 2 aromatic heterocycles. The van der Waals surface area contributed by atoms with Crippen LogP contribution < -0.4 is 5.32 Å². The van der Waals surface area contributed by atoms with E-state index in [1.807, 2.05) is 0 Å². The van der Waals surface area contributed by atoms with Gasteiger partial charge >= 0.3 is 6.18 Å². The summed E-state index contributed by atoms with van der Waals surface area (Å²) in [5, 5.41) is 6.64. The Kier molecular flexibility index (Phi) is 3.31. The van der Waals surface area contributed by atoms with Gasteiger partial charge in [0.15, 0.2) is 11.3 Å². The van der Waals surface area contributed by atoms with Crippen molar-refractivity contribution in [1.82, 2.24) is 19.9 Å². The minimum Gasteiger partial charge on any atom is -0.378 e. The number of carbonyl (C=O) groups excluding carboxylic acids is 1. The van der Waals surface area contributed by atoms with E-state index >= 15 is 0 Å². The molecule has 9 heteroatoms. The predicted molar refractivity (Wildman–Crippen MR) is 76.4 cm³/mol. The summed E-state index contributed by atoms with van der Waals surface area (Å²) < 4.78 is 45.5. The van der Waals surface area contributed by atoms with Gasteiger partial charge in [0.25, 0.3) is 5.91 Å². The first-order chi connectivity index (χ1) is 11.3. The van der Waals surface area contributed by atoms with Crippen LogP contribution in [0.5, 0.6) is 0 Å². The van der Waals surface area contributed by atoms with Crippen molar-refractivity contribution >= 4 is 11.6 Å². The van der Waals surface area contributed by atoms with E-state index < -0.39 is 17.8 Å². The zero-order chi connectivity index (χ0) is 17.1. The fourth-order valence-corrected chi connectivity index (χ4v) is 3.42.